The van der Waals surface area contributed by atoms with E-state index in [0.717, 1.165) is 30.6 Å². The maximum absolute atomic E-state index is 3.80. The van der Waals surface area contributed by atoms with Gasteiger partial charge in [0.05, 0.1) is 0 Å². The Morgan fingerprint density at radius 3 is 2.42 bits per heavy atom. The highest BCUT2D eigenvalue weighted by Crippen LogP contribution is 2.30. The van der Waals surface area contributed by atoms with E-state index in [2.05, 4.69) is 31.0 Å². The van der Waals surface area contributed by atoms with Crippen LogP contribution >= 0.6 is 0 Å². The number of rotatable bonds is 6. The van der Waals surface area contributed by atoms with E-state index in [1.165, 1.54) is 57.9 Å². The van der Waals surface area contributed by atoms with Crippen molar-refractivity contribution in [2.45, 2.75) is 90.3 Å². The van der Waals surface area contributed by atoms with E-state index < -0.39 is 0 Å². The molecule has 3 unspecified atom stereocenters. The summed E-state index contributed by atoms with van der Waals surface area (Å²) in [5.74, 6) is 0.930. The van der Waals surface area contributed by atoms with Crippen molar-refractivity contribution in [1.82, 2.24) is 10.2 Å². The van der Waals surface area contributed by atoms with E-state index >= 15 is 0 Å². The van der Waals surface area contributed by atoms with Crippen LogP contribution in [0.15, 0.2) is 0 Å². The average molecular weight is 266 g/mol. The van der Waals surface area contributed by atoms with Gasteiger partial charge in [-0.2, -0.15) is 0 Å². The summed E-state index contributed by atoms with van der Waals surface area (Å²) in [5, 5.41) is 3.80. The molecule has 1 aliphatic heterocycles. The van der Waals surface area contributed by atoms with Gasteiger partial charge in [0.15, 0.2) is 0 Å². The van der Waals surface area contributed by atoms with Gasteiger partial charge in [0.25, 0.3) is 0 Å². The number of likely N-dealkylation sites (N-methyl/N-ethyl adjacent to an activating group) is 1. The standard InChI is InChI=1S/C17H34N2/c1-4-16-12-11-14(3)19(16)13-17(18-5-2)15-9-7-6-8-10-15/h14-18H,4-13H2,1-3H3. The Morgan fingerprint density at radius 2 is 1.79 bits per heavy atom. The average Bonchev–Trinajstić information content (AvgIpc) is 2.80. The summed E-state index contributed by atoms with van der Waals surface area (Å²) in [7, 11) is 0. The molecule has 1 saturated carbocycles. The normalized spacial score (nSPS) is 31.7. The molecular formula is C17H34N2. The Bertz CT molecular complexity index is 248. The van der Waals surface area contributed by atoms with Crippen molar-refractivity contribution in [2.75, 3.05) is 13.1 Å². The molecule has 2 rings (SSSR count). The minimum atomic E-state index is 0.736. The van der Waals surface area contributed by atoms with Crippen LogP contribution in [0.2, 0.25) is 0 Å². The van der Waals surface area contributed by atoms with Crippen molar-refractivity contribution >= 4 is 0 Å². The Kier molecular flexibility index (Phi) is 6.15. The molecule has 112 valence electrons. The third kappa shape index (κ3) is 3.95. The van der Waals surface area contributed by atoms with Gasteiger partial charge >= 0.3 is 0 Å². The monoisotopic (exact) mass is 266 g/mol. The van der Waals surface area contributed by atoms with Crippen LogP contribution in [-0.4, -0.2) is 36.1 Å². The molecule has 0 bridgehead atoms. The van der Waals surface area contributed by atoms with E-state index in [1.807, 2.05) is 0 Å². The van der Waals surface area contributed by atoms with Crippen molar-refractivity contribution in [3.63, 3.8) is 0 Å². The first-order valence-corrected chi connectivity index (χ1v) is 8.75. The maximum atomic E-state index is 3.80. The lowest BCUT2D eigenvalue weighted by molar-refractivity contribution is 0.142. The predicted octanol–water partition coefficient (Wildman–Crippen LogP) is 3.81. The second kappa shape index (κ2) is 7.64. The van der Waals surface area contributed by atoms with Gasteiger partial charge in [-0.3, -0.25) is 4.90 Å². The molecule has 2 heteroatoms. The Hall–Kier alpha value is -0.0800. The van der Waals surface area contributed by atoms with Crippen LogP contribution in [0.4, 0.5) is 0 Å². The lowest BCUT2D eigenvalue weighted by Crippen LogP contribution is -2.49. The number of likely N-dealkylation sites (tertiary alicyclic amines) is 1. The summed E-state index contributed by atoms with van der Waals surface area (Å²) < 4.78 is 0. The number of hydrogen-bond donors (Lipinski definition) is 1. The summed E-state index contributed by atoms with van der Waals surface area (Å²) in [6.07, 6.45) is 11.4. The SMILES string of the molecule is CCNC(CN1C(C)CCC1CC)C1CCCCC1. The van der Waals surface area contributed by atoms with Gasteiger partial charge in [0.1, 0.15) is 0 Å². The van der Waals surface area contributed by atoms with Crippen LogP contribution in [0, 0.1) is 5.92 Å². The van der Waals surface area contributed by atoms with E-state index in [0.29, 0.717) is 0 Å². The van der Waals surface area contributed by atoms with Crippen LogP contribution in [-0.2, 0) is 0 Å². The third-order valence-electron chi connectivity index (χ3n) is 5.52. The maximum Gasteiger partial charge on any atom is 0.0223 e. The van der Waals surface area contributed by atoms with Crippen molar-refractivity contribution in [3.8, 4) is 0 Å². The first-order chi connectivity index (χ1) is 9.26. The fourth-order valence-electron chi connectivity index (χ4n) is 4.30. The molecule has 0 spiro atoms. The minimum Gasteiger partial charge on any atom is -0.313 e. The van der Waals surface area contributed by atoms with Gasteiger partial charge in [0.2, 0.25) is 0 Å². The molecule has 2 nitrogen and oxygen atoms in total. The fraction of sp³-hybridized carbons (Fsp3) is 1.00. The molecule has 2 aliphatic rings. The van der Waals surface area contributed by atoms with Gasteiger partial charge in [-0.05, 0) is 51.5 Å². The van der Waals surface area contributed by atoms with Gasteiger partial charge in [0, 0.05) is 24.7 Å². The smallest absolute Gasteiger partial charge is 0.0223 e. The van der Waals surface area contributed by atoms with Crippen molar-refractivity contribution < 1.29 is 0 Å². The summed E-state index contributed by atoms with van der Waals surface area (Å²) >= 11 is 0. The minimum absolute atomic E-state index is 0.736. The Balaban J connectivity index is 1.94. The quantitative estimate of drug-likeness (QED) is 0.786. The summed E-state index contributed by atoms with van der Waals surface area (Å²) in [6.45, 7) is 9.47. The van der Waals surface area contributed by atoms with Gasteiger partial charge in [-0.15, -0.1) is 0 Å². The molecule has 0 aromatic rings. The van der Waals surface area contributed by atoms with Crippen LogP contribution in [0.25, 0.3) is 0 Å². The first kappa shape index (κ1) is 15.3. The molecule has 19 heavy (non-hydrogen) atoms. The Morgan fingerprint density at radius 1 is 1.05 bits per heavy atom. The van der Waals surface area contributed by atoms with Crippen molar-refractivity contribution in [1.29, 1.82) is 0 Å². The molecular weight excluding hydrogens is 232 g/mol. The lowest BCUT2D eigenvalue weighted by Gasteiger charge is -2.37. The number of hydrogen-bond acceptors (Lipinski definition) is 2. The molecule has 1 N–H and O–H groups in total. The van der Waals surface area contributed by atoms with E-state index in [1.54, 1.807) is 0 Å². The predicted molar refractivity (Wildman–Crippen MR) is 83.5 cm³/mol. The summed E-state index contributed by atoms with van der Waals surface area (Å²) in [6, 6.07) is 2.38. The van der Waals surface area contributed by atoms with Crippen LogP contribution in [0.5, 0.6) is 0 Å². The Labute approximate surface area is 120 Å². The molecule has 0 radical (unpaired) electrons. The van der Waals surface area contributed by atoms with E-state index in [9.17, 15) is 0 Å². The van der Waals surface area contributed by atoms with Gasteiger partial charge in [-0.1, -0.05) is 33.1 Å². The molecule has 3 atom stereocenters. The fourth-order valence-corrected chi connectivity index (χ4v) is 4.30. The van der Waals surface area contributed by atoms with E-state index in [4.69, 9.17) is 0 Å². The highest BCUT2D eigenvalue weighted by molar-refractivity contribution is 4.90. The molecule has 2 fully saturated rings. The molecule has 0 aromatic heterocycles. The van der Waals surface area contributed by atoms with Crippen LogP contribution in [0.1, 0.15) is 72.1 Å². The van der Waals surface area contributed by atoms with Crippen LogP contribution in [0.3, 0.4) is 0 Å². The summed E-state index contributed by atoms with van der Waals surface area (Å²) in [5.41, 5.74) is 0. The lowest BCUT2D eigenvalue weighted by atomic mass is 9.83. The third-order valence-corrected chi connectivity index (χ3v) is 5.52. The molecule has 1 saturated heterocycles. The zero-order valence-corrected chi connectivity index (χ0v) is 13.3. The molecule has 0 aromatic carbocycles. The molecule has 1 heterocycles. The van der Waals surface area contributed by atoms with Gasteiger partial charge in [-0.25, -0.2) is 0 Å². The zero-order valence-electron chi connectivity index (χ0n) is 13.3. The summed E-state index contributed by atoms with van der Waals surface area (Å²) in [4.78, 5) is 2.81. The van der Waals surface area contributed by atoms with Crippen molar-refractivity contribution in [3.05, 3.63) is 0 Å². The first-order valence-electron chi connectivity index (χ1n) is 8.75. The number of nitrogens with one attached hydrogen (secondary N) is 1. The highest BCUT2D eigenvalue weighted by atomic mass is 15.2. The number of nitrogens with zero attached hydrogens (tertiary/aromatic N) is 1. The van der Waals surface area contributed by atoms with Crippen molar-refractivity contribution in [2.24, 2.45) is 5.92 Å². The second-order valence-electron chi connectivity index (χ2n) is 6.75. The highest BCUT2D eigenvalue weighted by Gasteiger charge is 2.33. The zero-order chi connectivity index (χ0) is 13.7. The van der Waals surface area contributed by atoms with Gasteiger partial charge < -0.3 is 5.32 Å². The largest absolute Gasteiger partial charge is 0.313 e. The molecule has 0 amide bonds. The van der Waals surface area contributed by atoms with Crippen LogP contribution < -0.4 is 5.32 Å². The topological polar surface area (TPSA) is 15.3 Å². The molecule has 1 aliphatic carbocycles. The second-order valence-corrected chi connectivity index (χ2v) is 6.75. The van der Waals surface area contributed by atoms with E-state index in [-0.39, 0.29) is 0 Å².